The number of carbonyl (C=O) groups excluding carboxylic acids is 1. The quantitative estimate of drug-likeness (QED) is 0.853. The van der Waals surface area contributed by atoms with Crippen LogP contribution in [0.15, 0.2) is 36.7 Å². The minimum atomic E-state index is -0.276. The van der Waals surface area contributed by atoms with Crippen LogP contribution in [0, 0.1) is 6.92 Å². The molecule has 1 amide bonds. The Kier molecular flexibility index (Phi) is 4.24. The van der Waals surface area contributed by atoms with Gasteiger partial charge >= 0.3 is 0 Å². The number of benzene rings is 1. The summed E-state index contributed by atoms with van der Waals surface area (Å²) >= 11 is 11.7. The molecule has 0 radical (unpaired) electrons. The lowest BCUT2D eigenvalue weighted by Crippen LogP contribution is -2.29. The number of pyridine rings is 1. The fourth-order valence-corrected chi connectivity index (χ4v) is 1.75. The fourth-order valence-electron chi connectivity index (χ4n) is 1.45. The summed E-state index contributed by atoms with van der Waals surface area (Å²) < 4.78 is 0. The highest BCUT2D eigenvalue weighted by Gasteiger charge is 2.06. The Balaban J connectivity index is 2.02. The maximum Gasteiger partial charge on any atom is 0.271 e. The molecule has 2 rings (SSSR count). The van der Waals surface area contributed by atoms with E-state index in [4.69, 9.17) is 23.2 Å². The number of nitrogens with one attached hydrogen (secondary N) is 2. The Morgan fingerprint density at radius 2 is 1.95 bits per heavy atom. The summed E-state index contributed by atoms with van der Waals surface area (Å²) in [5, 5.41) is 0.875. The SMILES string of the molecule is Cc1cncc(C(=O)NNc2ccc(Cl)c(Cl)c2)c1. The lowest BCUT2D eigenvalue weighted by atomic mass is 10.2. The van der Waals surface area contributed by atoms with Gasteiger partial charge in [-0.05, 0) is 36.8 Å². The van der Waals surface area contributed by atoms with Crippen LogP contribution in [0.4, 0.5) is 5.69 Å². The van der Waals surface area contributed by atoms with Crippen LogP contribution in [0.1, 0.15) is 15.9 Å². The Labute approximate surface area is 120 Å². The standard InChI is InChI=1S/C13H11Cl2N3O/c1-8-4-9(7-16-6-8)13(19)18-17-10-2-3-11(14)12(15)5-10/h2-7,17H,1H3,(H,18,19). The van der Waals surface area contributed by atoms with Crippen LogP contribution in [0.2, 0.25) is 10.0 Å². The van der Waals surface area contributed by atoms with Gasteiger partial charge in [0.2, 0.25) is 0 Å². The first-order chi connectivity index (χ1) is 9.06. The largest absolute Gasteiger partial charge is 0.298 e. The molecule has 0 saturated carbocycles. The Bertz CT molecular complexity index is 617. The number of rotatable bonds is 3. The van der Waals surface area contributed by atoms with Crippen molar-refractivity contribution in [2.24, 2.45) is 0 Å². The van der Waals surface area contributed by atoms with Crippen molar-refractivity contribution in [3.63, 3.8) is 0 Å². The zero-order valence-electron chi connectivity index (χ0n) is 10.1. The van der Waals surface area contributed by atoms with Crippen LogP contribution in [0.25, 0.3) is 0 Å². The predicted molar refractivity (Wildman–Crippen MR) is 76.5 cm³/mol. The molecular weight excluding hydrogens is 285 g/mol. The van der Waals surface area contributed by atoms with Gasteiger partial charge in [0.1, 0.15) is 0 Å². The molecule has 0 bridgehead atoms. The van der Waals surface area contributed by atoms with E-state index in [9.17, 15) is 4.79 Å². The average molecular weight is 296 g/mol. The first-order valence-corrected chi connectivity index (χ1v) is 6.25. The van der Waals surface area contributed by atoms with Gasteiger partial charge in [0.15, 0.2) is 0 Å². The number of amides is 1. The van der Waals surface area contributed by atoms with Gasteiger partial charge in [-0.15, -0.1) is 0 Å². The van der Waals surface area contributed by atoms with Gasteiger partial charge in [0.05, 0.1) is 21.3 Å². The van der Waals surface area contributed by atoms with E-state index in [0.29, 0.717) is 21.3 Å². The third kappa shape index (κ3) is 3.59. The van der Waals surface area contributed by atoms with Crippen molar-refractivity contribution in [2.45, 2.75) is 6.92 Å². The summed E-state index contributed by atoms with van der Waals surface area (Å²) in [5.74, 6) is -0.276. The molecule has 98 valence electrons. The van der Waals surface area contributed by atoms with Crippen molar-refractivity contribution in [2.75, 3.05) is 5.43 Å². The number of hydrazine groups is 1. The van der Waals surface area contributed by atoms with Crippen molar-refractivity contribution < 1.29 is 4.79 Å². The van der Waals surface area contributed by atoms with Crippen LogP contribution in [-0.4, -0.2) is 10.9 Å². The van der Waals surface area contributed by atoms with Gasteiger partial charge in [-0.1, -0.05) is 23.2 Å². The molecule has 0 spiro atoms. The second-order valence-electron chi connectivity index (χ2n) is 3.96. The fraction of sp³-hybridized carbons (Fsp3) is 0.0769. The van der Waals surface area contributed by atoms with E-state index in [1.807, 2.05) is 6.92 Å². The molecule has 1 heterocycles. The lowest BCUT2D eigenvalue weighted by molar-refractivity contribution is 0.0962. The molecule has 0 unspecified atom stereocenters. The van der Waals surface area contributed by atoms with E-state index < -0.39 is 0 Å². The number of anilines is 1. The monoisotopic (exact) mass is 295 g/mol. The first kappa shape index (κ1) is 13.6. The number of hydrogen-bond donors (Lipinski definition) is 2. The molecule has 0 aliphatic rings. The molecular formula is C13H11Cl2N3O. The number of aromatic nitrogens is 1. The van der Waals surface area contributed by atoms with Gasteiger partial charge in [-0.25, -0.2) is 0 Å². The molecule has 4 nitrogen and oxygen atoms in total. The van der Waals surface area contributed by atoms with E-state index in [-0.39, 0.29) is 5.91 Å². The number of nitrogens with zero attached hydrogens (tertiary/aromatic N) is 1. The third-order valence-corrected chi connectivity index (χ3v) is 3.12. The van der Waals surface area contributed by atoms with Crippen LogP contribution in [-0.2, 0) is 0 Å². The maximum atomic E-state index is 11.8. The summed E-state index contributed by atoms with van der Waals surface area (Å²) in [4.78, 5) is 15.8. The minimum Gasteiger partial charge on any atom is -0.298 e. The molecule has 0 aliphatic heterocycles. The van der Waals surface area contributed by atoms with Gasteiger partial charge in [-0.3, -0.25) is 20.6 Å². The summed E-state index contributed by atoms with van der Waals surface area (Å²) in [7, 11) is 0. The molecule has 0 fully saturated rings. The average Bonchev–Trinajstić information content (AvgIpc) is 2.40. The van der Waals surface area contributed by atoms with Crippen LogP contribution < -0.4 is 10.9 Å². The highest BCUT2D eigenvalue weighted by molar-refractivity contribution is 6.42. The van der Waals surface area contributed by atoms with Gasteiger partial charge < -0.3 is 0 Å². The molecule has 1 aromatic carbocycles. The third-order valence-electron chi connectivity index (χ3n) is 2.38. The molecule has 1 aromatic heterocycles. The Hall–Kier alpha value is -1.78. The van der Waals surface area contributed by atoms with Crippen molar-refractivity contribution in [1.82, 2.24) is 10.4 Å². The van der Waals surface area contributed by atoms with Crippen molar-refractivity contribution in [1.29, 1.82) is 0 Å². The zero-order chi connectivity index (χ0) is 13.8. The second-order valence-corrected chi connectivity index (χ2v) is 4.77. The first-order valence-electron chi connectivity index (χ1n) is 5.49. The summed E-state index contributed by atoms with van der Waals surface area (Å²) in [6.45, 7) is 1.87. The van der Waals surface area contributed by atoms with Crippen molar-refractivity contribution in [3.8, 4) is 0 Å². The van der Waals surface area contributed by atoms with Crippen LogP contribution >= 0.6 is 23.2 Å². The molecule has 0 aliphatic carbocycles. The number of aryl methyl sites for hydroxylation is 1. The predicted octanol–water partition coefficient (Wildman–Crippen LogP) is 3.45. The van der Waals surface area contributed by atoms with Gasteiger partial charge in [0.25, 0.3) is 5.91 Å². The molecule has 0 atom stereocenters. The van der Waals surface area contributed by atoms with E-state index in [0.717, 1.165) is 5.56 Å². The molecule has 2 N–H and O–H groups in total. The van der Waals surface area contributed by atoms with Crippen molar-refractivity contribution >= 4 is 34.8 Å². The highest BCUT2D eigenvalue weighted by atomic mass is 35.5. The lowest BCUT2D eigenvalue weighted by Gasteiger charge is -2.09. The minimum absolute atomic E-state index is 0.276. The normalized spacial score (nSPS) is 10.1. The van der Waals surface area contributed by atoms with Crippen LogP contribution in [0.5, 0.6) is 0 Å². The highest BCUT2D eigenvalue weighted by Crippen LogP contribution is 2.24. The van der Waals surface area contributed by atoms with Gasteiger partial charge in [-0.2, -0.15) is 0 Å². The molecule has 0 saturated heterocycles. The molecule has 6 heteroatoms. The number of carbonyl (C=O) groups is 1. The van der Waals surface area contributed by atoms with E-state index in [1.54, 1.807) is 30.5 Å². The summed E-state index contributed by atoms with van der Waals surface area (Å²) in [6.07, 6.45) is 3.18. The van der Waals surface area contributed by atoms with Crippen molar-refractivity contribution in [3.05, 3.63) is 57.8 Å². The Morgan fingerprint density at radius 3 is 2.63 bits per heavy atom. The second kappa shape index (κ2) is 5.91. The number of halogens is 2. The molecule has 2 aromatic rings. The topological polar surface area (TPSA) is 54.0 Å². The summed E-state index contributed by atoms with van der Waals surface area (Å²) in [6, 6.07) is 6.73. The maximum absolute atomic E-state index is 11.8. The number of hydrogen-bond acceptors (Lipinski definition) is 3. The zero-order valence-corrected chi connectivity index (χ0v) is 11.6. The smallest absolute Gasteiger partial charge is 0.271 e. The summed E-state index contributed by atoms with van der Waals surface area (Å²) in [5.41, 5.74) is 7.36. The Morgan fingerprint density at radius 1 is 1.16 bits per heavy atom. The van der Waals surface area contributed by atoms with E-state index in [2.05, 4.69) is 15.8 Å². The van der Waals surface area contributed by atoms with E-state index >= 15 is 0 Å². The van der Waals surface area contributed by atoms with E-state index in [1.165, 1.54) is 6.20 Å². The molecule has 19 heavy (non-hydrogen) atoms. The van der Waals surface area contributed by atoms with Crippen LogP contribution in [0.3, 0.4) is 0 Å². The van der Waals surface area contributed by atoms with Gasteiger partial charge in [0, 0.05) is 12.4 Å².